The highest BCUT2D eigenvalue weighted by atomic mass is 16.5. The first-order valence-electron chi connectivity index (χ1n) is 14.5. The number of rotatable bonds is 13. The molecule has 2 N–H and O–H groups in total. The molecular weight excluding hydrogens is 498 g/mol. The van der Waals surface area contributed by atoms with Gasteiger partial charge < -0.3 is 19.9 Å². The predicted molar refractivity (Wildman–Crippen MR) is 164 cm³/mol. The van der Waals surface area contributed by atoms with Crippen LogP contribution in [-0.2, 0) is 17.8 Å². The van der Waals surface area contributed by atoms with Crippen molar-refractivity contribution in [2.24, 2.45) is 0 Å². The Bertz CT molecular complexity index is 1260. The van der Waals surface area contributed by atoms with E-state index in [1.54, 1.807) is 13.2 Å². The van der Waals surface area contributed by atoms with Gasteiger partial charge in [0.2, 0.25) is 5.91 Å². The second kappa shape index (κ2) is 14.8. The number of ether oxygens (including phenoxy) is 2. The number of benzene rings is 2. The first-order valence-corrected chi connectivity index (χ1v) is 14.5. The molecule has 0 saturated carbocycles. The van der Waals surface area contributed by atoms with E-state index in [1.807, 2.05) is 50.3 Å². The molecule has 1 amide bonds. The molecule has 2 aromatic carbocycles. The number of allylic oxidation sites excluding steroid dienone is 5. The fraction of sp³-hybridized carbons (Fsp3) is 0.457. The summed E-state index contributed by atoms with van der Waals surface area (Å²) in [6.45, 7) is 10.9. The van der Waals surface area contributed by atoms with Crippen molar-refractivity contribution in [3.05, 3.63) is 88.0 Å². The molecule has 0 bridgehead atoms. The average molecular weight is 546 g/mol. The number of phenols is 1. The summed E-state index contributed by atoms with van der Waals surface area (Å²) in [6.07, 6.45) is 14.5. The van der Waals surface area contributed by atoms with E-state index in [0.717, 1.165) is 85.1 Å². The van der Waals surface area contributed by atoms with Gasteiger partial charge in [-0.25, -0.2) is 0 Å². The van der Waals surface area contributed by atoms with Crippen LogP contribution >= 0.6 is 0 Å². The van der Waals surface area contributed by atoms with Gasteiger partial charge in [-0.3, -0.25) is 4.79 Å². The van der Waals surface area contributed by atoms with Gasteiger partial charge in [-0.05, 0) is 115 Å². The van der Waals surface area contributed by atoms with Crippen molar-refractivity contribution in [1.82, 2.24) is 5.32 Å². The highest BCUT2D eigenvalue weighted by Crippen LogP contribution is 2.39. The van der Waals surface area contributed by atoms with Crippen LogP contribution < -0.4 is 14.8 Å². The number of phenolic OH excluding ortho intramolecular Hbond substituents is 1. The molecule has 0 unspecified atom stereocenters. The van der Waals surface area contributed by atoms with E-state index in [4.69, 9.17) is 9.47 Å². The van der Waals surface area contributed by atoms with Crippen molar-refractivity contribution in [1.29, 1.82) is 0 Å². The van der Waals surface area contributed by atoms with Crippen molar-refractivity contribution in [3.8, 4) is 17.2 Å². The maximum atomic E-state index is 12.5. The zero-order valence-corrected chi connectivity index (χ0v) is 25.2. The molecule has 0 saturated heterocycles. The molecular formula is C35H47NO4. The van der Waals surface area contributed by atoms with Gasteiger partial charge in [0.15, 0.2) is 0 Å². The van der Waals surface area contributed by atoms with Crippen molar-refractivity contribution < 1.29 is 19.4 Å². The molecule has 3 rings (SSSR count). The molecule has 40 heavy (non-hydrogen) atoms. The third-order valence-corrected chi connectivity index (χ3v) is 7.78. The SMILES string of the molecule is COc1ccccc1CNC(=O)/C(C)=C/CC/C(C)=C/CC/C(C)=C/CC[C@]1(C)CCc2cc(O)cc(C)c2O1. The lowest BCUT2D eigenvalue weighted by atomic mass is 9.87. The normalized spacial score (nSPS) is 17.7. The van der Waals surface area contributed by atoms with Crippen LogP contribution in [0.25, 0.3) is 0 Å². The molecule has 0 spiro atoms. The van der Waals surface area contributed by atoms with Gasteiger partial charge in [-0.15, -0.1) is 0 Å². The minimum absolute atomic E-state index is 0.0422. The number of carbonyl (C=O) groups is 1. The number of carbonyl (C=O) groups excluding carboxylic acids is 1. The van der Waals surface area contributed by atoms with E-state index in [-0.39, 0.29) is 11.5 Å². The van der Waals surface area contributed by atoms with Crippen molar-refractivity contribution in [2.75, 3.05) is 7.11 Å². The first kappa shape index (κ1) is 31.1. The molecule has 5 heteroatoms. The minimum atomic E-state index is -0.168. The maximum absolute atomic E-state index is 12.5. The molecule has 2 aromatic rings. The van der Waals surface area contributed by atoms with Crippen molar-refractivity contribution in [3.63, 3.8) is 0 Å². The summed E-state index contributed by atoms with van der Waals surface area (Å²) in [5.41, 5.74) is 6.43. The maximum Gasteiger partial charge on any atom is 0.246 e. The van der Waals surface area contributed by atoms with E-state index in [2.05, 4.69) is 38.2 Å². The number of amides is 1. The zero-order valence-electron chi connectivity index (χ0n) is 25.2. The van der Waals surface area contributed by atoms with Crippen LogP contribution in [0.5, 0.6) is 17.2 Å². The Hall–Kier alpha value is -3.47. The predicted octanol–water partition coefficient (Wildman–Crippen LogP) is 8.29. The third kappa shape index (κ3) is 9.32. The summed E-state index contributed by atoms with van der Waals surface area (Å²) < 4.78 is 11.8. The van der Waals surface area contributed by atoms with E-state index >= 15 is 0 Å². The largest absolute Gasteiger partial charge is 0.508 e. The molecule has 0 fully saturated rings. The number of hydrogen-bond acceptors (Lipinski definition) is 4. The molecule has 216 valence electrons. The summed E-state index contributed by atoms with van der Waals surface area (Å²) in [4.78, 5) is 12.5. The van der Waals surface area contributed by atoms with E-state index in [0.29, 0.717) is 12.3 Å². The minimum Gasteiger partial charge on any atom is -0.508 e. The van der Waals surface area contributed by atoms with Crippen LogP contribution in [0.15, 0.2) is 71.3 Å². The number of aromatic hydroxyl groups is 1. The number of hydrogen-bond donors (Lipinski definition) is 2. The van der Waals surface area contributed by atoms with Gasteiger partial charge >= 0.3 is 0 Å². The highest BCUT2D eigenvalue weighted by Gasteiger charge is 2.32. The van der Waals surface area contributed by atoms with Gasteiger partial charge in [0, 0.05) is 17.7 Å². The third-order valence-electron chi connectivity index (χ3n) is 7.78. The Morgan fingerprint density at radius 1 is 1.05 bits per heavy atom. The monoisotopic (exact) mass is 545 g/mol. The number of methoxy groups -OCH3 is 1. The molecule has 0 radical (unpaired) electrons. The molecule has 1 aliphatic rings. The lowest BCUT2D eigenvalue weighted by molar-refractivity contribution is -0.117. The standard InChI is InChI=1S/C35H47NO4/c1-25(14-10-16-27(3)34(38)36-24-30-17-7-8-18-32(30)39-6)12-9-13-26(2)15-11-20-35(5)21-19-29-23-31(37)22-28(4)33(29)40-35/h7-8,12,15-18,22-23,37H,9-11,13-14,19-21,24H2,1-6H3,(H,36,38)/b25-12+,26-15+,27-16+/t35-/m1/s1. The Labute approximate surface area is 241 Å². The lowest BCUT2D eigenvalue weighted by Gasteiger charge is -2.36. The topological polar surface area (TPSA) is 67.8 Å². The fourth-order valence-electron chi connectivity index (χ4n) is 5.18. The zero-order chi connectivity index (χ0) is 29.1. The van der Waals surface area contributed by atoms with Gasteiger partial charge in [0.25, 0.3) is 0 Å². The van der Waals surface area contributed by atoms with E-state index in [9.17, 15) is 9.90 Å². The van der Waals surface area contributed by atoms with Crippen LogP contribution in [0.3, 0.4) is 0 Å². The number of aryl methyl sites for hydroxylation is 2. The van der Waals surface area contributed by atoms with E-state index < -0.39 is 0 Å². The van der Waals surface area contributed by atoms with Crippen LogP contribution in [0.2, 0.25) is 0 Å². The van der Waals surface area contributed by atoms with Crippen LogP contribution in [0.4, 0.5) is 0 Å². The Morgan fingerprint density at radius 2 is 1.73 bits per heavy atom. The first-order chi connectivity index (χ1) is 19.1. The number of nitrogens with one attached hydrogen (secondary N) is 1. The quantitative estimate of drug-likeness (QED) is 0.196. The fourth-order valence-corrected chi connectivity index (χ4v) is 5.18. The van der Waals surface area contributed by atoms with Gasteiger partial charge in [-0.2, -0.15) is 0 Å². The van der Waals surface area contributed by atoms with Crippen LogP contribution in [-0.4, -0.2) is 23.7 Å². The summed E-state index contributed by atoms with van der Waals surface area (Å²) in [7, 11) is 1.64. The van der Waals surface area contributed by atoms with Crippen molar-refractivity contribution >= 4 is 5.91 Å². The van der Waals surface area contributed by atoms with Crippen LogP contribution in [0.1, 0.15) is 89.3 Å². The van der Waals surface area contributed by atoms with Crippen molar-refractivity contribution in [2.45, 2.75) is 98.1 Å². The molecule has 0 aromatic heterocycles. The van der Waals surface area contributed by atoms with Gasteiger partial charge in [0.05, 0.1) is 7.11 Å². The summed E-state index contributed by atoms with van der Waals surface area (Å²) in [5, 5.41) is 12.9. The Balaban J connectivity index is 1.36. The summed E-state index contributed by atoms with van der Waals surface area (Å²) in [6, 6.07) is 11.3. The molecule has 1 atom stereocenters. The summed E-state index contributed by atoms with van der Waals surface area (Å²) in [5.74, 6) is 2.01. The molecule has 5 nitrogen and oxygen atoms in total. The Morgan fingerprint density at radius 3 is 2.45 bits per heavy atom. The molecule has 0 aliphatic carbocycles. The molecule has 1 aliphatic heterocycles. The highest BCUT2D eigenvalue weighted by molar-refractivity contribution is 5.92. The van der Waals surface area contributed by atoms with Gasteiger partial charge in [-0.1, -0.05) is 47.6 Å². The number of fused-ring (bicyclic) bond motifs is 1. The smallest absolute Gasteiger partial charge is 0.246 e. The van der Waals surface area contributed by atoms with Gasteiger partial charge in [0.1, 0.15) is 22.8 Å². The second-order valence-corrected chi connectivity index (χ2v) is 11.4. The van der Waals surface area contributed by atoms with Crippen LogP contribution in [0, 0.1) is 6.92 Å². The average Bonchev–Trinajstić information content (AvgIpc) is 2.92. The Kier molecular flexibility index (Phi) is 11.5. The summed E-state index contributed by atoms with van der Waals surface area (Å²) >= 11 is 0. The second-order valence-electron chi connectivity index (χ2n) is 11.4. The van der Waals surface area contributed by atoms with E-state index in [1.165, 1.54) is 11.1 Å². The lowest BCUT2D eigenvalue weighted by Crippen LogP contribution is -2.36. The molecule has 1 heterocycles. The number of para-hydroxylation sites is 1.